The lowest BCUT2D eigenvalue weighted by atomic mass is 10.1. The molecule has 2 heterocycles. The molecule has 2 aromatic heterocycles. The number of amides is 1. The van der Waals surface area contributed by atoms with Gasteiger partial charge in [-0.05, 0) is 38.0 Å². The molecule has 1 N–H and O–H groups in total. The molecule has 0 fully saturated rings. The van der Waals surface area contributed by atoms with Crippen molar-refractivity contribution in [1.82, 2.24) is 4.98 Å². The van der Waals surface area contributed by atoms with Crippen LogP contribution in [0.2, 0.25) is 0 Å². The Hall–Kier alpha value is -3.25. The van der Waals surface area contributed by atoms with Gasteiger partial charge >= 0.3 is 11.9 Å². The molecule has 0 radical (unpaired) electrons. The molecular formula is C19H19N3O5S. The first kappa shape index (κ1) is 21.1. The van der Waals surface area contributed by atoms with E-state index in [1.54, 1.807) is 26.8 Å². The van der Waals surface area contributed by atoms with Gasteiger partial charge in [0, 0.05) is 12.4 Å². The van der Waals surface area contributed by atoms with Crippen molar-refractivity contribution in [3.8, 4) is 6.07 Å². The summed E-state index contributed by atoms with van der Waals surface area (Å²) in [6.45, 7) is 5.17. The van der Waals surface area contributed by atoms with Gasteiger partial charge in [0.15, 0.2) is 6.10 Å². The number of hydrogen-bond acceptors (Lipinski definition) is 8. The van der Waals surface area contributed by atoms with Crippen molar-refractivity contribution in [3.63, 3.8) is 0 Å². The quantitative estimate of drug-likeness (QED) is 0.708. The van der Waals surface area contributed by atoms with Crippen molar-refractivity contribution in [1.29, 1.82) is 5.26 Å². The van der Waals surface area contributed by atoms with Crippen LogP contribution in [0, 0.1) is 18.3 Å². The van der Waals surface area contributed by atoms with E-state index >= 15 is 0 Å². The monoisotopic (exact) mass is 401 g/mol. The van der Waals surface area contributed by atoms with Crippen molar-refractivity contribution in [3.05, 3.63) is 46.1 Å². The number of pyridine rings is 1. The van der Waals surface area contributed by atoms with Crippen molar-refractivity contribution in [2.45, 2.75) is 33.3 Å². The van der Waals surface area contributed by atoms with Gasteiger partial charge in [-0.3, -0.25) is 9.78 Å². The summed E-state index contributed by atoms with van der Waals surface area (Å²) >= 11 is 0.951. The molecule has 146 valence electrons. The van der Waals surface area contributed by atoms with Gasteiger partial charge in [-0.2, -0.15) is 5.26 Å². The number of thiophene rings is 1. The van der Waals surface area contributed by atoms with Crippen LogP contribution in [0.4, 0.5) is 5.00 Å². The van der Waals surface area contributed by atoms with Gasteiger partial charge in [0.2, 0.25) is 0 Å². The minimum atomic E-state index is -1.06. The molecule has 0 aliphatic rings. The number of nitrogens with zero attached hydrogens (tertiary/aromatic N) is 2. The van der Waals surface area contributed by atoms with Gasteiger partial charge in [0.1, 0.15) is 15.9 Å². The molecule has 1 unspecified atom stereocenters. The number of carbonyl (C=O) groups is 3. The molecule has 0 spiro atoms. The smallest absolute Gasteiger partial charge is 0.348 e. The number of anilines is 1. The van der Waals surface area contributed by atoms with Crippen molar-refractivity contribution < 1.29 is 23.9 Å². The molecule has 1 amide bonds. The van der Waals surface area contributed by atoms with Gasteiger partial charge in [-0.15, -0.1) is 11.3 Å². The Morgan fingerprint density at radius 2 is 2.07 bits per heavy atom. The van der Waals surface area contributed by atoms with Crippen molar-refractivity contribution in [2.75, 3.05) is 11.9 Å². The molecule has 0 aliphatic heterocycles. The molecule has 0 saturated carbocycles. The summed E-state index contributed by atoms with van der Waals surface area (Å²) in [5.41, 5.74) is 0.833. The zero-order valence-electron chi connectivity index (χ0n) is 15.6. The molecule has 1 atom stereocenters. The van der Waals surface area contributed by atoms with Crippen LogP contribution in [0.25, 0.3) is 0 Å². The van der Waals surface area contributed by atoms with Gasteiger partial charge in [0.05, 0.1) is 17.7 Å². The second-order valence-corrected chi connectivity index (χ2v) is 6.65. The SMILES string of the molecule is CCOC(=O)c1sc(NC(=O)C(CC)OC(=O)c2cccnc2)c(C#N)c1C. The maximum atomic E-state index is 12.6. The average molecular weight is 401 g/mol. The molecule has 0 bridgehead atoms. The second kappa shape index (κ2) is 9.62. The maximum absolute atomic E-state index is 12.6. The van der Waals surface area contributed by atoms with Crippen LogP contribution in [-0.2, 0) is 14.3 Å². The maximum Gasteiger partial charge on any atom is 0.348 e. The summed E-state index contributed by atoms with van der Waals surface area (Å²) < 4.78 is 10.2. The standard InChI is InChI=1S/C19H19N3O5S/c1-4-14(27-18(24)12-7-6-8-21-10-12)16(23)22-17-13(9-20)11(3)15(28-17)19(25)26-5-2/h6-8,10,14H,4-5H2,1-3H3,(H,22,23). The third-order valence-electron chi connectivity index (χ3n) is 3.77. The predicted octanol–water partition coefficient (Wildman–Crippen LogP) is 3.07. The summed E-state index contributed by atoms with van der Waals surface area (Å²) in [4.78, 5) is 40.8. The minimum Gasteiger partial charge on any atom is -0.462 e. The fourth-order valence-electron chi connectivity index (χ4n) is 2.32. The van der Waals surface area contributed by atoms with E-state index in [0.29, 0.717) is 5.56 Å². The second-order valence-electron chi connectivity index (χ2n) is 5.63. The molecule has 2 aromatic rings. The van der Waals surface area contributed by atoms with Gasteiger partial charge < -0.3 is 14.8 Å². The van der Waals surface area contributed by atoms with E-state index < -0.39 is 23.9 Å². The molecule has 0 saturated heterocycles. The number of rotatable bonds is 7. The molecule has 9 heteroatoms. The van der Waals surface area contributed by atoms with Crippen LogP contribution in [0.5, 0.6) is 0 Å². The Bertz CT molecular complexity index is 918. The minimum absolute atomic E-state index is 0.176. The highest BCUT2D eigenvalue weighted by Gasteiger charge is 2.26. The number of nitrogens with one attached hydrogen (secondary N) is 1. The summed E-state index contributed by atoms with van der Waals surface area (Å²) in [5, 5.41) is 12.2. The molecule has 28 heavy (non-hydrogen) atoms. The van der Waals surface area contributed by atoms with Crippen molar-refractivity contribution in [2.24, 2.45) is 0 Å². The first-order valence-electron chi connectivity index (χ1n) is 8.55. The highest BCUT2D eigenvalue weighted by atomic mass is 32.1. The molecule has 8 nitrogen and oxygen atoms in total. The van der Waals surface area contributed by atoms with E-state index in [2.05, 4.69) is 10.3 Å². The highest BCUT2D eigenvalue weighted by molar-refractivity contribution is 7.18. The van der Waals surface area contributed by atoms with E-state index in [-0.39, 0.29) is 34.0 Å². The lowest BCUT2D eigenvalue weighted by molar-refractivity contribution is -0.124. The van der Waals surface area contributed by atoms with E-state index in [1.165, 1.54) is 18.5 Å². The van der Waals surface area contributed by atoms with E-state index in [4.69, 9.17) is 9.47 Å². The zero-order valence-corrected chi connectivity index (χ0v) is 16.5. The lowest BCUT2D eigenvalue weighted by Gasteiger charge is -2.15. The average Bonchev–Trinajstić information content (AvgIpc) is 3.01. The van der Waals surface area contributed by atoms with Crippen LogP contribution >= 0.6 is 11.3 Å². The number of nitriles is 1. The summed E-state index contributed by atoms with van der Waals surface area (Å²) in [6, 6.07) is 5.10. The van der Waals surface area contributed by atoms with E-state index in [1.807, 2.05) is 6.07 Å². The normalized spacial score (nSPS) is 11.2. The third kappa shape index (κ3) is 4.72. The highest BCUT2D eigenvalue weighted by Crippen LogP contribution is 2.33. The number of carbonyl (C=O) groups excluding carboxylic acids is 3. The van der Waals surface area contributed by atoms with Crippen LogP contribution in [-0.4, -0.2) is 35.5 Å². The fourth-order valence-corrected chi connectivity index (χ4v) is 3.38. The fraction of sp³-hybridized carbons (Fsp3) is 0.316. The third-order valence-corrected chi connectivity index (χ3v) is 4.95. The van der Waals surface area contributed by atoms with Gasteiger partial charge in [-0.25, -0.2) is 9.59 Å². The van der Waals surface area contributed by atoms with Crippen LogP contribution in [0.1, 0.15) is 51.4 Å². The largest absolute Gasteiger partial charge is 0.462 e. The number of aromatic nitrogens is 1. The number of ether oxygens (including phenoxy) is 2. The Morgan fingerprint density at radius 3 is 2.64 bits per heavy atom. The van der Waals surface area contributed by atoms with Gasteiger partial charge in [-0.1, -0.05) is 6.92 Å². The first-order valence-corrected chi connectivity index (χ1v) is 9.36. The Morgan fingerprint density at radius 1 is 1.32 bits per heavy atom. The summed E-state index contributed by atoms with van der Waals surface area (Å²) in [6.07, 6.45) is 2.03. The number of esters is 2. The van der Waals surface area contributed by atoms with E-state index in [0.717, 1.165) is 11.3 Å². The molecular weight excluding hydrogens is 382 g/mol. The number of hydrogen-bond donors (Lipinski definition) is 1. The topological polar surface area (TPSA) is 118 Å². The lowest BCUT2D eigenvalue weighted by Crippen LogP contribution is -2.32. The Labute approximate surface area is 166 Å². The summed E-state index contributed by atoms with van der Waals surface area (Å²) in [5.74, 6) is -1.82. The Balaban J connectivity index is 2.18. The molecule has 0 aliphatic carbocycles. The predicted molar refractivity (Wildman–Crippen MR) is 102 cm³/mol. The van der Waals surface area contributed by atoms with Crippen LogP contribution in [0.15, 0.2) is 24.5 Å². The molecule has 0 aromatic carbocycles. The summed E-state index contributed by atoms with van der Waals surface area (Å²) in [7, 11) is 0. The van der Waals surface area contributed by atoms with Crippen LogP contribution < -0.4 is 5.32 Å². The van der Waals surface area contributed by atoms with Crippen LogP contribution in [0.3, 0.4) is 0 Å². The van der Waals surface area contributed by atoms with Crippen molar-refractivity contribution >= 4 is 34.2 Å². The van der Waals surface area contributed by atoms with E-state index in [9.17, 15) is 19.6 Å². The first-order chi connectivity index (χ1) is 13.4. The Kier molecular flexibility index (Phi) is 7.23. The van der Waals surface area contributed by atoms with Gasteiger partial charge in [0.25, 0.3) is 5.91 Å². The zero-order chi connectivity index (χ0) is 20.7. The molecule has 2 rings (SSSR count).